The fourth-order valence-corrected chi connectivity index (χ4v) is 2.96. The van der Waals surface area contributed by atoms with Gasteiger partial charge in [0.05, 0.1) is 18.8 Å². The normalized spacial score (nSPS) is 14.7. The number of aromatic nitrogens is 2. The first-order chi connectivity index (χ1) is 13.8. The largest absolute Gasteiger partial charge is 0.416 e. The van der Waals surface area contributed by atoms with Crippen molar-refractivity contribution in [1.29, 1.82) is 0 Å². The van der Waals surface area contributed by atoms with E-state index in [-0.39, 0.29) is 17.8 Å². The molecule has 2 aromatic rings. The summed E-state index contributed by atoms with van der Waals surface area (Å²) in [6, 6.07) is 5.50. The number of morpholine rings is 1. The van der Waals surface area contributed by atoms with Crippen LogP contribution in [-0.2, 0) is 28.7 Å². The van der Waals surface area contributed by atoms with Gasteiger partial charge in [-0.15, -0.1) is 0 Å². The first-order valence-corrected chi connectivity index (χ1v) is 9.18. The molecule has 1 aromatic heterocycles. The van der Waals surface area contributed by atoms with E-state index in [2.05, 4.69) is 10.3 Å². The maximum Gasteiger partial charge on any atom is 0.416 e. The van der Waals surface area contributed by atoms with Gasteiger partial charge in [-0.05, 0) is 30.7 Å². The Labute approximate surface area is 165 Å². The minimum atomic E-state index is -4.45. The third kappa shape index (κ3) is 5.14. The molecule has 0 bridgehead atoms. The van der Waals surface area contributed by atoms with Crippen molar-refractivity contribution in [2.75, 3.05) is 36.5 Å². The van der Waals surface area contributed by atoms with Gasteiger partial charge in [-0.25, -0.2) is 4.98 Å². The molecular weight excluding hydrogens is 389 g/mol. The Morgan fingerprint density at radius 2 is 1.86 bits per heavy atom. The predicted octanol–water partition coefficient (Wildman–Crippen LogP) is 2.30. The van der Waals surface area contributed by atoms with Crippen LogP contribution in [0.2, 0.25) is 0 Å². The second-order valence-electron chi connectivity index (χ2n) is 6.55. The van der Waals surface area contributed by atoms with Crippen LogP contribution in [0, 0.1) is 0 Å². The fourth-order valence-electron chi connectivity index (χ4n) is 2.96. The van der Waals surface area contributed by atoms with Crippen molar-refractivity contribution in [3.05, 3.63) is 51.9 Å². The van der Waals surface area contributed by atoms with E-state index in [0.717, 1.165) is 12.1 Å². The van der Waals surface area contributed by atoms with Gasteiger partial charge < -0.3 is 15.0 Å². The molecule has 1 saturated heterocycles. The Bertz CT molecular complexity index is 920. The number of carbonyl (C=O) groups is 1. The van der Waals surface area contributed by atoms with E-state index in [0.29, 0.717) is 44.4 Å². The van der Waals surface area contributed by atoms with Crippen molar-refractivity contribution in [3.8, 4) is 0 Å². The lowest BCUT2D eigenvalue weighted by Gasteiger charge is -2.29. The van der Waals surface area contributed by atoms with Gasteiger partial charge in [-0.1, -0.05) is 6.92 Å². The summed E-state index contributed by atoms with van der Waals surface area (Å²) in [5.74, 6) is -0.146. The Morgan fingerprint density at radius 1 is 1.21 bits per heavy atom. The lowest BCUT2D eigenvalue weighted by molar-refractivity contribution is -0.137. The first-order valence-electron chi connectivity index (χ1n) is 9.18. The molecule has 0 saturated carbocycles. The molecule has 1 N–H and O–H groups in total. The van der Waals surface area contributed by atoms with Crippen LogP contribution in [0.15, 0.2) is 35.1 Å². The first kappa shape index (κ1) is 20.8. The number of hydrogen-bond donors (Lipinski definition) is 1. The molecule has 0 aliphatic carbocycles. The second-order valence-corrected chi connectivity index (χ2v) is 6.55. The summed E-state index contributed by atoms with van der Waals surface area (Å²) < 4.78 is 44.5. The Kier molecular flexibility index (Phi) is 6.21. The number of rotatable bonds is 5. The maximum absolute atomic E-state index is 12.7. The molecule has 1 aromatic carbocycles. The van der Waals surface area contributed by atoms with Gasteiger partial charge in [0.25, 0.3) is 5.56 Å². The zero-order valence-corrected chi connectivity index (χ0v) is 15.8. The molecule has 156 valence electrons. The molecule has 3 rings (SSSR count). The van der Waals surface area contributed by atoms with E-state index >= 15 is 0 Å². The van der Waals surface area contributed by atoms with Gasteiger partial charge in [-0.2, -0.15) is 13.2 Å². The summed E-state index contributed by atoms with van der Waals surface area (Å²) in [4.78, 5) is 31.4. The van der Waals surface area contributed by atoms with Crippen molar-refractivity contribution in [2.45, 2.75) is 26.1 Å². The SMILES string of the molecule is CCc1cc(=O)n(CC(=O)Nc2ccc(C(F)(F)F)cc2)c(N2CCOCC2)n1. The topological polar surface area (TPSA) is 76.5 Å². The van der Waals surface area contributed by atoms with Crippen LogP contribution in [0.25, 0.3) is 0 Å². The molecular formula is C19H21F3N4O3. The van der Waals surface area contributed by atoms with Crippen LogP contribution in [0.5, 0.6) is 0 Å². The molecule has 1 aliphatic rings. The van der Waals surface area contributed by atoms with Crippen LogP contribution < -0.4 is 15.8 Å². The van der Waals surface area contributed by atoms with Gasteiger partial charge in [0, 0.05) is 30.5 Å². The van der Waals surface area contributed by atoms with Gasteiger partial charge in [-0.3, -0.25) is 14.2 Å². The summed E-state index contributed by atoms with van der Waals surface area (Å²) in [6.07, 6.45) is -3.87. The molecule has 1 fully saturated rings. The number of nitrogens with zero attached hydrogens (tertiary/aromatic N) is 3. The van der Waals surface area contributed by atoms with Crippen LogP contribution in [0.1, 0.15) is 18.2 Å². The summed E-state index contributed by atoms with van der Waals surface area (Å²) in [5.41, 5.74) is -0.334. The molecule has 1 amide bonds. The second kappa shape index (κ2) is 8.64. The van der Waals surface area contributed by atoms with Crippen molar-refractivity contribution >= 4 is 17.5 Å². The number of benzene rings is 1. The number of hydrogen-bond acceptors (Lipinski definition) is 5. The van der Waals surface area contributed by atoms with Crippen LogP contribution in [0.3, 0.4) is 0 Å². The predicted molar refractivity (Wildman–Crippen MR) is 101 cm³/mol. The number of alkyl halides is 3. The van der Waals surface area contributed by atoms with Crippen molar-refractivity contribution in [3.63, 3.8) is 0 Å². The smallest absolute Gasteiger partial charge is 0.378 e. The molecule has 2 heterocycles. The zero-order valence-electron chi connectivity index (χ0n) is 15.8. The molecule has 0 radical (unpaired) electrons. The van der Waals surface area contributed by atoms with E-state index in [1.54, 1.807) is 0 Å². The van der Waals surface area contributed by atoms with E-state index in [9.17, 15) is 22.8 Å². The summed E-state index contributed by atoms with van der Waals surface area (Å²) in [6.45, 7) is 3.64. The van der Waals surface area contributed by atoms with E-state index < -0.39 is 17.6 Å². The standard InChI is InChI=1S/C19H21F3N4O3/c1-2-14-11-17(28)26(18(24-14)25-7-9-29-10-8-25)12-16(27)23-15-5-3-13(4-6-15)19(20,21)22/h3-6,11H,2,7-10,12H2,1H3,(H,23,27). The quantitative estimate of drug-likeness (QED) is 0.819. The van der Waals surface area contributed by atoms with Crippen LogP contribution >= 0.6 is 0 Å². The van der Waals surface area contributed by atoms with Gasteiger partial charge in [0.2, 0.25) is 11.9 Å². The van der Waals surface area contributed by atoms with Crippen LogP contribution in [-0.4, -0.2) is 41.8 Å². The highest BCUT2D eigenvalue weighted by molar-refractivity contribution is 5.90. The monoisotopic (exact) mass is 410 g/mol. The van der Waals surface area contributed by atoms with Crippen molar-refractivity contribution < 1.29 is 22.7 Å². The number of amides is 1. The Balaban J connectivity index is 1.79. The van der Waals surface area contributed by atoms with Crippen molar-refractivity contribution in [1.82, 2.24) is 9.55 Å². The number of carbonyl (C=O) groups excluding carboxylic acids is 1. The third-order valence-corrected chi connectivity index (χ3v) is 4.50. The lowest BCUT2D eigenvalue weighted by atomic mass is 10.2. The molecule has 29 heavy (non-hydrogen) atoms. The number of aryl methyl sites for hydroxylation is 1. The maximum atomic E-state index is 12.7. The number of nitrogens with one attached hydrogen (secondary N) is 1. The number of anilines is 2. The molecule has 0 unspecified atom stereocenters. The summed E-state index contributed by atoms with van der Waals surface area (Å²) >= 11 is 0. The summed E-state index contributed by atoms with van der Waals surface area (Å²) in [7, 11) is 0. The minimum absolute atomic E-state index is 0.210. The highest BCUT2D eigenvalue weighted by Gasteiger charge is 2.30. The molecule has 0 atom stereocenters. The highest BCUT2D eigenvalue weighted by atomic mass is 19.4. The average molecular weight is 410 g/mol. The molecule has 10 heteroatoms. The minimum Gasteiger partial charge on any atom is -0.378 e. The zero-order chi connectivity index (χ0) is 21.0. The number of halogens is 3. The Hall–Kier alpha value is -2.88. The van der Waals surface area contributed by atoms with Gasteiger partial charge in [0.1, 0.15) is 6.54 Å². The molecule has 7 nitrogen and oxygen atoms in total. The molecule has 0 spiro atoms. The Morgan fingerprint density at radius 3 is 2.45 bits per heavy atom. The number of ether oxygens (including phenoxy) is 1. The van der Waals surface area contributed by atoms with Crippen LogP contribution in [0.4, 0.5) is 24.8 Å². The van der Waals surface area contributed by atoms with E-state index in [4.69, 9.17) is 4.74 Å². The van der Waals surface area contributed by atoms with Crippen molar-refractivity contribution in [2.24, 2.45) is 0 Å². The van der Waals surface area contributed by atoms with Gasteiger partial charge in [0.15, 0.2) is 0 Å². The third-order valence-electron chi connectivity index (χ3n) is 4.50. The fraction of sp³-hybridized carbons (Fsp3) is 0.421. The summed E-state index contributed by atoms with van der Waals surface area (Å²) in [5, 5.41) is 2.52. The average Bonchev–Trinajstić information content (AvgIpc) is 2.69. The van der Waals surface area contributed by atoms with Gasteiger partial charge >= 0.3 is 6.18 Å². The lowest BCUT2D eigenvalue weighted by Crippen LogP contribution is -2.42. The van der Waals surface area contributed by atoms with E-state index in [1.165, 1.54) is 22.8 Å². The highest BCUT2D eigenvalue weighted by Crippen LogP contribution is 2.29. The molecule has 1 aliphatic heterocycles. The van der Waals surface area contributed by atoms with E-state index in [1.807, 2.05) is 11.8 Å².